The van der Waals surface area contributed by atoms with E-state index in [2.05, 4.69) is 0 Å². The monoisotopic (exact) mass is 213 g/mol. The second-order valence-electron chi connectivity index (χ2n) is 5.05. The highest BCUT2D eigenvalue weighted by Gasteiger charge is 2.50. The van der Waals surface area contributed by atoms with Crippen molar-refractivity contribution in [2.24, 2.45) is 11.3 Å². The minimum Gasteiger partial charge on any atom is -0.480 e. The maximum atomic E-state index is 10.9. The van der Waals surface area contributed by atoms with Gasteiger partial charge in [0.15, 0.2) is 0 Å². The van der Waals surface area contributed by atoms with Gasteiger partial charge in [-0.1, -0.05) is 6.42 Å². The van der Waals surface area contributed by atoms with Crippen LogP contribution in [0.15, 0.2) is 0 Å². The molecule has 2 fully saturated rings. The summed E-state index contributed by atoms with van der Waals surface area (Å²) in [7, 11) is 0. The summed E-state index contributed by atoms with van der Waals surface area (Å²) in [4.78, 5) is 12.9. The first-order valence-electron chi connectivity index (χ1n) is 5.67. The number of fused-ring (bicyclic) bond motifs is 1. The van der Waals surface area contributed by atoms with Gasteiger partial charge in [0.05, 0.1) is 6.61 Å². The predicted octanol–water partition coefficient (Wildman–Crippen LogP) is 0.554. The van der Waals surface area contributed by atoms with Crippen LogP contribution in [0.1, 0.15) is 26.2 Å². The third-order valence-electron chi connectivity index (χ3n) is 4.29. The Hall–Kier alpha value is -0.610. The molecule has 0 radical (unpaired) electrons. The number of aliphatic hydroxyl groups is 1. The third-order valence-corrected chi connectivity index (χ3v) is 4.29. The summed E-state index contributed by atoms with van der Waals surface area (Å²) in [6.07, 6.45) is 3.38. The molecule has 3 atom stereocenters. The lowest BCUT2D eigenvalue weighted by Gasteiger charge is -2.27. The highest BCUT2D eigenvalue weighted by atomic mass is 16.4. The van der Waals surface area contributed by atoms with Crippen LogP contribution < -0.4 is 0 Å². The first-order chi connectivity index (χ1) is 7.09. The number of carbonyl (C=O) groups is 1. The molecule has 15 heavy (non-hydrogen) atoms. The van der Waals surface area contributed by atoms with Crippen molar-refractivity contribution < 1.29 is 15.0 Å². The van der Waals surface area contributed by atoms with E-state index in [-0.39, 0.29) is 12.0 Å². The van der Waals surface area contributed by atoms with Crippen molar-refractivity contribution in [2.75, 3.05) is 19.7 Å². The second kappa shape index (κ2) is 3.76. The molecule has 1 aliphatic heterocycles. The summed E-state index contributed by atoms with van der Waals surface area (Å²) in [6, 6.07) is -0.418. The maximum absolute atomic E-state index is 10.9. The number of hydrogen-bond acceptors (Lipinski definition) is 3. The largest absolute Gasteiger partial charge is 0.480 e. The Bertz CT molecular complexity index is 269. The van der Waals surface area contributed by atoms with Crippen molar-refractivity contribution in [3.05, 3.63) is 0 Å². The Morgan fingerprint density at radius 1 is 1.67 bits per heavy atom. The summed E-state index contributed by atoms with van der Waals surface area (Å²) < 4.78 is 0. The summed E-state index contributed by atoms with van der Waals surface area (Å²) in [5.41, 5.74) is 0.00368. The van der Waals surface area contributed by atoms with Gasteiger partial charge in [-0.3, -0.25) is 9.69 Å². The van der Waals surface area contributed by atoms with Crippen LogP contribution in [-0.4, -0.2) is 46.8 Å². The second-order valence-corrected chi connectivity index (χ2v) is 5.05. The first kappa shape index (κ1) is 10.9. The molecule has 1 saturated carbocycles. The molecular formula is C11H19NO3. The summed E-state index contributed by atoms with van der Waals surface area (Å²) in [5.74, 6) is -0.257. The van der Waals surface area contributed by atoms with E-state index in [1.54, 1.807) is 6.92 Å². The van der Waals surface area contributed by atoms with Crippen LogP contribution >= 0.6 is 0 Å². The van der Waals surface area contributed by atoms with Crippen LogP contribution in [0.4, 0.5) is 0 Å². The predicted molar refractivity (Wildman–Crippen MR) is 55.5 cm³/mol. The molecular weight excluding hydrogens is 194 g/mol. The molecule has 0 spiro atoms. The smallest absolute Gasteiger partial charge is 0.320 e. The van der Waals surface area contributed by atoms with E-state index in [1.807, 2.05) is 4.90 Å². The van der Waals surface area contributed by atoms with Gasteiger partial charge in [0, 0.05) is 18.5 Å². The zero-order chi connectivity index (χ0) is 11.1. The number of carboxylic acids is 1. The van der Waals surface area contributed by atoms with E-state index >= 15 is 0 Å². The van der Waals surface area contributed by atoms with E-state index in [9.17, 15) is 9.90 Å². The van der Waals surface area contributed by atoms with Crippen molar-refractivity contribution in [1.29, 1.82) is 0 Å². The molecule has 1 saturated heterocycles. The molecule has 86 valence electrons. The molecule has 4 heteroatoms. The lowest BCUT2D eigenvalue weighted by molar-refractivity contribution is -0.142. The molecule has 0 bridgehead atoms. The van der Waals surface area contributed by atoms with E-state index in [0.29, 0.717) is 5.92 Å². The molecule has 4 nitrogen and oxygen atoms in total. The fraction of sp³-hybridized carbons (Fsp3) is 0.909. The van der Waals surface area contributed by atoms with Crippen molar-refractivity contribution in [3.63, 3.8) is 0 Å². The molecule has 1 heterocycles. The van der Waals surface area contributed by atoms with Gasteiger partial charge in [0.2, 0.25) is 0 Å². The standard InChI is InChI=1S/C11H19NO3/c1-8(10(14)15)12-5-9-3-2-4-11(9,6-12)7-13/h8-9,13H,2-7H2,1H3,(H,14,15)/t8-,9+,11+/m1/s1. The number of aliphatic carboxylic acids is 1. The summed E-state index contributed by atoms with van der Waals surface area (Å²) in [6.45, 7) is 3.53. The van der Waals surface area contributed by atoms with Crippen LogP contribution in [0.2, 0.25) is 0 Å². The van der Waals surface area contributed by atoms with E-state index in [0.717, 1.165) is 25.9 Å². The summed E-state index contributed by atoms with van der Waals surface area (Å²) >= 11 is 0. The van der Waals surface area contributed by atoms with E-state index < -0.39 is 12.0 Å². The highest BCUT2D eigenvalue weighted by Crippen LogP contribution is 2.48. The molecule has 0 aromatic carbocycles. The van der Waals surface area contributed by atoms with Gasteiger partial charge in [-0.05, 0) is 25.7 Å². The number of likely N-dealkylation sites (tertiary alicyclic amines) is 1. The van der Waals surface area contributed by atoms with Gasteiger partial charge >= 0.3 is 5.97 Å². The normalized spacial score (nSPS) is 37.9. The Morgan fingerprint density at radius 3 is 2.93 bits per heavy atom. The average molecular weight is 213 g/mol. The zero-order valence-electron chi connectivity index (χ0n) is 9.15. The van der Waals surface area contributed by atoms with Gasteiger partial charge in [-0.25, -0.2) is 0 Å². The number of carboxylic acid groups (broad SMARTS) is 1. The fourth-order valence-electron chi connectivity index (χ4n) is 3.17. The van der Waals surface area contributed by atoms with Gasteiger partial charge < -0.3 is 10.2 Å². The maximum Gasteiger partial charge on any atom is 0.320 e. The van der Waals surface area contributed by atoms with Crippen molar-refractivity contribution >= 4 is 5.97 Å². The molecule has 2 rings (SSSR count). The van der Waals surface area contributed by atoms with E-state index in [4.69, 9.17) is 5.11 Å². The number of rotatable bonds is 3. The van der Waals surface area contributed by atoms with Crippen molar-refractivity contribution in [1.82, 2.24) is 4.90 Å². The molecule has 0 aromatic heterocycles. The van der Waals surface area contributed by atoms with Crippen LogP contribution in [-0.2, 0) is 4.79 Å². The van der Waals surface area contributed by atoms with Crippen molar-refractivity contribution in [3.8, 4) is 0 Å². The van der Waals surface area contributed by atoms with Crippen LogP contribution in [0.5, 0.6) is 0 Å². The number of nitrogens with zero attached hydrogens (tertiary/aromatic N) is 1. The Balaban J connectivity index is 2.08. The molecule has 0 amide bonds. The van der Waals surface area contributed by atoms with Crippen molar-refractivity contribution in [2.45, 2.75) is 32.2 Å². The quantitative estimate of drug-likeness (QED) is 0.719. The molecule has 2 aliphatic rings. The Labute approximate surface area is 89.9 Å². The summed E-state index contributed by atoms with van der Waals surface area (Å²) in [5, 5.41) is 18.4. The van der Waals surface area contributed by atoms with Gasteiger partial charge in [-0.15, -0.1) is 0 Å². The topological polar surface area (TPSA) is 60.8 Å². The van der Waals surface area contributed by atoms with Crippen LogP contribution in [0, 0.1) is 11.3 Å². The first-order valence-corrected chi connectivity index (χ1v) is 5.67. The SMILES string of the molecule is C[C@H](C(=O)O)N1C[C@@H]2CCC[C@@]2(CO)C1. The number of hydrogen-bond donors (Lipinski definition) is 2. The Morgan fingerprint density at radius 2 is 2.40 bits per heavy atom. The average Bonchev–Trinajstić information content (AvgIpc) is 2.72. The lowest BCUT2D eigenvalue weighted by Crippen LogP contribution is -2.39. The Kier molecular flexibility index (Phi) is 2.73. The molecule has 2 N–H and O–H groups in total. The highest BCUT2D eigenvalue weighted by molar-refractivity contribution is 5.72. The van der Waals surface area contributed by atoms with Gasteiger partial charge in [0.1, 0.15) is 6.04 Å². The van der Waals surface area contributed by atoms with Gasteiger partial charge in [0.25, 0.3) is 0 Å². The minimum absolute atomic E-state index is 0.00368. The molecule has 0 unspecified atom stereocenters. The van der Waals surface area contributed by atoms with Crippen LogP contribution in [0.25, 0.3) is 0 Å². The minimum atomic E-state index is -0.761. The van der Waals surface area contributed by atoms with E-state index in [1.165, 1.54) is 6.42 Å². The van der Waals surface area contributed by atoms with Gasteiger partial charge in [-0.2, -0.15) is 0 Å². The number of aliphatic hydroxyl groups excluding tert-OH is 1. The third kappa shape index (κ3) is 1.66. The molecule has 0 aromatic rings. The lowest BCUT2D eigenvalue weighted by atomic mass is 9.82. The fourth-order valence-corrected chi connectivity index (χ4v) is 3.17. The van der Waals surface area contributed by atoms with Crippen LogP contribution in [0.3, 0.4) is 0 Å². The molecule has 1 aliphatic carbocycles. The zero-order valence-corrected chi connectivity index (χ0v) is 9.15.